The number of rotatable bonds is 4. The van der Waals surface area contributed by atoms with Crippen molar-refractivity contribution in [1.82, 2.24) is 0 Å². The summed E-state index contributed by atoms with van der Waals surface area (Å²) in [5.41, 5.74) is -2.78. The Labute approximate surface area is 219 Å². The second-order valence-corrected chi connectivity index (χ2v) is 9.19. The van der Waals surface area contributed by atoms with Crippen molar-refractivity contribution in [3.63, 3.8) is 0 Å². The van der Waals surface area contributed by atoms with Crippen LogP contribution in [0.15, 0.2) is 81.3 Å². The zero-order chi connectivity index (χ0) is 27.0. The molecule has 13 heteroatoms. The molecule has 0 bridgehead atoms. The summed E-state index contributed by atoms with van der Waals surface area (Å²) in [6.07, 6.45) is -3.75. The first kappa shape index (κ1) is 26.9. The number of hydrogen-bond donors (Lipinski definition) is 0. The molecule has 1 fully saturated rings. The first-order valence-electron chi connectivity index (χ1n) is 10.1. The predicted molar refractivity (Wildman–Crippen MR) is 131 cm³/mol. The van der Waals surface area contributed by atoms with Gasteiger partial charge in [-0.25, -0.2) is 4.99 Å². The summed E-state index contributed by atoms with van der Waals surface area (Å²) in [5.74, 6) is -0.264. The van der Waals surface area contributed by atoms with Gasteiger partial charge in [0.15, 0.2) is 5.17 Å². The topological polar surface area (TPSA) is 45.8 Å². The monoisotopic (exact) mass is 576 g/mol. The fourth-order valence-corrected chi connectivity index (χ4v) is 4.59. The van der Waals surface area contributed by atoms with E-state index in [0.717, 1.165) is 28.8 Å². The minimum absolute atomic E-state index is 0.0510. The summed E-state index contributed by atoms with van der Waals surface area (Å²) in [5, 5.41) is -1.31. The van der Waals surface area contributed by atoms with Crippen molar-refractivity contribution < 1.29 is 35.6 Å². The lowest BCUT2D eigenvalue weighted by Gasteiger charge is -2.18. The van der Waals surface area contributed by atoms with E-state index in [0.29, 0.717) is 17.9 Å². The molecule has 0 N–H and O–H groups in total. The van der Waals surface area contributed by atoms with Crippen LogP contribution in [0.5, 0.6) is 0 Å². The summed E-state index contributed by atoms with van der Waals surface area (Å²) in [6.45, 7) is 0. The number of halogens is 8. The smallest absolute Gasteiger partial charge is 0.417 e. The van der Waals surface area contributed by atoms with E-state index in [4.69, 9.17) is 27.6 Å². The third-order valence-corrected chi connectivity index (χ3v) is 6.50. The summed E-state index contributed by atoms with van der Waals surface area (Å²) in [7, 11) is 0. The highest BCUT2D eigenvalue weighted by molar-refractivity contribution is 8.19. The number of anilines is 1. The molecule has 0 saturated carbocycles. The number of amides is 1. The Balaban J connectivity index is 1.80. The van der Waals surface area contributed by atoms with E-state index in [2.05, 4.69) is 4.99 Å². The first-order valence-corrected chi connectivity index (χ1v) is 11.7. The maximum atomic E-state index is 13.5. The van der Waals surface area contributed by atoms with Crippen LogP contribution in [0.3, 0.4) is 0 Å². The lowest BCUT2D eigenvalue weighted by molar-refractivity contribution is -0.138. The number of alkyl halides is 6. The zero-order valence-electron chi connectivity index (χ0n) is 18.1. The molecule has 0 atom stereocenters. The van der Waals surface area contributed by atoms with Crippen molar-refractivity contribution in [2.45, 2.75) is 12.4 Å². The second kappa shape index (κ2) is 10.3. The van der Waals surface area contributed by atoms with Crippen LogP contribution in [-0.2, 0) is 17.1 Å². The molecule has 2 heterocycles. The van der Waals surface area contributed by atoms with Gasteiger partial charge in [-0.2, -0.15) is 26.3 Å². The number of nitrogens with zero attached hydrogens (tertiary/aromatic N) is 2. The fraction of sp³-hybridized carbons (Fsp3) is 0.0833. The molecule has 1 saturated heterocycles. The number of aliphatic imine (C=N–C) groups is 1. The Hall–Kier alpha value is -3.15. The number of thioether (sulfide) groups is 1. The van der Waals surface area contributed by atoms with E-state index in [1.165, 1.54) is 30.5 Å². The van der Waals surface area contributed by atoms with Crippen molar-refractivity contribution in [1.29, 1.82) is 0 Å². The number of amidine groups is 1. The molecule has 4 nitrogen and oxygen atoms in total. The van der Waals surface area contributed by atoms with Crippen molar-refractivity contribution in [2.24, 2.45) is 4.99 Å². The maximum absolute atomic E-state index is 13.5. The largest absolute Gasteiger partial charge is 0.465 e. The molecule has 0 spiro atoms. The molecule has 2 aromatic carbocycles. The predicted octanol–water partition coefficient (Wildman–Crippen LogP) is 8.99. The van der Waals surface area contributed by atoms with Gasteiger partial charge in [0.1, 0.15) is 5.76 Å². The van der Waals surface area contributed by atoms with Crippen LogP contribution < -0.4 is 4.90 Å². The number of allylic oxidation sites excluding steroid dienone is 2. The van der Waals surface area contributed by atoms with Gasteiger partial charge in [0.25, 0.3) is 5.91 Å². The zero-order valence-corrected chi connectivity index (χ0v) is 20.4. The molecule has 37 heavy (non-hydrogen) atoms. The third kappa shape index (κ3) is 6.06. The van der Waals surface area contributed by atoms with E-state index in [9.17, 15) is 31.1 Å². The van der Waals surface area contributed by atoms with Gasteiger partial charge < -0.3 is 4.42 Å². The fourth-order valence-electron chi connectivity index (χ4n) is 3.19. The average molecular weight is 577 g/mol. The minimum Gasteiger partial charge on any atom is -0.465 e. The quantitative estimate of drug-likeness (QED) is 0.230. The molecular weight excluding hydrogens is 565 g/mol. The minimum atomic E-state index is -4.82. The van der Waals surface area contributed by atoms with Crippen LogP contribution >= 0.6 is 35.0 Å². The highest BCUT2D eigenvalue weighted by atomic mass is 35.5. The van der Waals surface area contributed by atoms with E-state index < -0.39 is 39.4 Å². The second-order valence-electron chi connectivity index (χ2n) is 7.37. The summed E-state index contributed by atoms with van der Waals surface area (Å²) >= 11 is 12.1. The Morgan fingerprint density at radius 1 is 0.919 bits per heavy atom. The van der Waals surface area contributed by atoms with E-state index in [-0.39, 0.29) is 21.4 Å². The first-order chi connectivity index (χ1) is 17.3. The average Bonchev–Trinajstić information content (AvgIpc) is 3.42. The third-order valence-electron chi connectivity index (χ3n) is 4.85. The van der Waals surface area contributed by atoms with Crippen LogP contribution in [0.1, 0.15) is 16.9 Å². The molecule has 1 amide bonds. The van der Waals surface area contributed by atoms with Crippen molar-refractivity contribution in [2.75, 3.05) is 4.90 Å². The normalized spacial score (nSPS) is 17.1. The summed E-state index contributed by atoms with van der Waals surface area (Å²) in [6, 6.07) is 8.98. The molecule has 1 aliphatic rings. The van der Waals surface area contributed by atoms with Crippen LogP contribution in [0.2, 0.25) is 10.0 Å². The molecule has 0 unspecified atom stereocenters. The molecule has 4 rings (SSSR count). The van der Waals surface area contributed by atoms with Crippen LogP contribution in [-0.4, -0.2) is 11.1 Å². The molecule has 0 radical (unpaired) electrons. The highest BCUT2D eigenvalue weighted by Gasteiger charge is 2.38. The van der Waals surface area contributed by atoms with Crippen LogP contribution in [0, 0.1) is 0 Å². The molecular formula is C24H12Cl2F6N2O2S. The number of furan rings is 1. The van der Waals surface area contributed by atoms with E-state index >= 15 is 0 Å². The van der Waals surface area contributed by atoms with Gasteiger partial charge in [-0.3, -0.25) is 9.69 Å². The van der Waals surface area contributed by atoms with Gasteiger partial charge in [0.2, 0.25) is 0 Å². The van der Waals surface area contributed by atoms with Crippen molar-refractivity contribution in [3.8, 4) is 0 Å². The van der Waals surface area contributed by atoms with E-state index in [1.54, 1.807) is 18.2 Å². The van der Waals surface area contributed by atoms with Gasteiger partial charge in [0.05, 0.1) is 43.7 Å². The van der Waals surface area contributed by atoms with Crippen molar-refractivity contribution >= 4 is 63.5 Å². The van der Waals surface area contributed by atoms with Gasteiger partial charge in [0, 0.05) is 0 Å². The lowest BCUT2D eigenvalue weighted by Crippen LogP contribution is -2.29. The molecule has 1 aromatic heterocycles. The highest BCUT2D eigenvalue weighted by Crippen LogP contribution is 2.42. The van der Waals surface area contributed by atoms with Gasteiger partial charge in [-0.15, -0.1) is 0 Å². The lowest BCUT2D eigenvalue weighted by atomic mass is 10.1. The number of carbonyl (C=O) groups excluding carboxylic acids is 1. The molecule has 3 aromatic rings. The van der Waals surface area contributed by atoms with Crippen LogP contribution in [0.4, 0.5) is 37.7 Å². The van der Waals surface area contributed by atoms with Gasteiger partial charge in [-0.05, 0) is 72.4 Å². The van der Waals surface area contributed by atoms with Gasteiger partial charge in [-0.1, -0.05) is 29.3 Å². The number of benzene rings is 2. The van der Waals surface area contributed by atoms with Crippen molar-refractivity contribution in [3.05, 3.63) is 98.8 Å². The Morgan fingerprint density at radius 2 is 1.57 bits per heavy atom. The number of carbonyl (C=O) groups is 1. The van der Waals surface area contributed by atoms with Crippen LogP contribution in [0.25, 0.3) is 6.08 Å². The van der Waals surface area contributed by atoms with Gasteiger partial charge >= 0.3 is 12.4 Å². The molecule has 192 valence electrons. The Morgan fingerprint density at radius 3 is 2.19 bits per heavy atom. The summed E-state index contributed by atoms with van der Waals surface area (Å²) < 4.78 is 85.5. The Bertz CT molecular complexity index is 1430. The number of hydrogen-bond acceptors (Lipinski definition) is 4. The maximum Gasteiger partial charge on any atom is 0.417 e. The summed E-state index contributed by atoms with van der Waals surface area (Å²) in [4.78, 5) is 18.3. The SMILES string of the molecule is O=C1/C(=C\C=C\c2ccco2)SC(=Nc2ccc(Cl)c(C(F)(F)F)c2)N1c1ccc(Cl)c(C(F)(F)F)c1. The standard InChI is InChI=1S/C24H12Cl2F6N2O2S/c25-18-8-6-13(11-16(18)23(27,28)29)33-22-34(14-7-9-19(26)17(12-14)24(30,31)32)21(35)20(37-22)5-1-3-15-4-2-10-36-15/h1-12H/b3-1+,20-5+,33-22?. The molecule has 0 aliphatic carbocycles. The molecule has 1 aliphatic heterocycles. The Kier molecular flexibility index (Phi) is 7.50. The van der Waals surface area contributed by atoms with E-state index in [1.807, 2.05) is 0 Å².